The van der Waals surface area contributed by atoms with Crippen LogP contribution in [0.2, 0.25) is 0 Å². The van der Waals surface area contributed by atoms with Crippen molar-refractivity contribution in [1.29, 1.82) is 0 Å². The van der Waals surface area contributed by atoms with Crippen LogP contribution in [0.15, 0.2) is 16.4 Å². The smallest absolute Gasteiger partial charge is 0.116 e. The van der Waals surface area contributed by atoms with Gasteiger partial charge in [-0.25, -0.2) is 10.3 Å². The molecule has 3 heteroatoms. The number of aliphatic hydroxyl groups is 1. The molecule has 1 aliphatic rings. The first-order valence-electron chi connectivity index (χ1n) is 2.88. The number of hydrogen-bond acceptors (Lipinski definition) is 2. The Morgan fingerprint density at radius 2 is 2.44 bits per heavy atom. The molecular weight excluding hydrogens is 116 g/mol. The molecule has 3 nitrogen and oxygen atoms in total. The summed E-state index contributed by atoms with van der Waals surface area (Å²) in [4.78, 5) is 3.93. The van der Waals surface area contributed by atoms with Gasteiger partial charge in [-0.2, -0.15) is 0 Å². The first kappa shape index (κ1) is 6.29. The van der Waals surface area contributed by atoms with Crippen LogP contribution in [-0.4, -0.2) is 18.1 Å². The highest BCUT2D eigenvalue weighted by Crippen LogP contribution is 2.11. The van der Waals surface area contributed by atoms with Crippen LogP contribution < -0.4 is 5.32 Å². The zero-order chi connectivity index (χ0) is 6.69. The zero-order valence-electron chi connectivity index (χ0n) is 5.33. The third kappa shape index (κ3) is 1.29. The Hall–Kier alpha value is -0.830. The zero-order valence-corrected chi connectivity index (χ0v) is 5.33. The Bertz CT molecular complexity index is 160. The molecule has 0 aromatic carbocycles. The Labute approximate surface area is 54.1 Å². The molecular formula is C6H9N2O. The van der Waals surface area contributed by atoms with E-state index >= 15 is 0 Å². The minimum atomic E-state index is 0.152. The lowest BCUT2D eigenvalue weighted by atomic mass is 10.3. The molecule has 1 aliphatic heterocycles. The second-order valence-electron chi connectivity index (χ2n) is 1.88. The van der Waals surface area contributed by atoms with Crippen molar-refractivity contribution >= 4 is 6.34 Å². The molecule has 0 atom stereocenters. The summed E-state index contributed by atoms with van der Waals surface area (Å²) in [7, 11) is 0. The minimum Gasteiger partial charge on any atom is -0.396 e. The molecule has 1 rings (SSSR count). The largest absolute Gasteiger partial charge is 0.396 e. The van der Waals surface area contributed by atoms with E-state index in [0.29, 0.717) is 6.42 Å². The Morgan fingerprint density at radius 1 is 1.67 bits per heavy atom. The van der Waals surface area contributed by atoms with E-state index in [1.54, 1.807) is 0 Å². The van der Waals surface area contributed by atoms with Crippen LogP contribution >= 0.6 is 0 Å². The molecule has 0 aromatic rings. The van der Waals surface area contributed by atoms with Crippen LogP contribution in [0, 0.1) is 0 Å². The lowest BCUT2D eigenvalue weighted by Gasteiger charge is -1.93. The molecule has 0 saturated heterocycles. The maximum Gasteiger partial charge on any atom is 0.116 e. The summed E-state index contributed by atoms with van der Waals surface area (Å²) in [6, 6.07) is 0. The van der Waals surface area contributed by atoms with Crippen molar-refractivity contribution in [3.05, 3.63) is 11.4 Å². The summed E-state index contributed by atoms with van der Waals surface area (Å²) in [6.07, 6.45) is 2.13. The molecule has 9 heavy (non-hydrogen) atoms. The monoisotopic (exact) mass is 125 g/mol. The van der Waals surface area contributed by atoms with Gasteiger partial charge in [0.25, 0.3) is 0 Å². The van der Waals surface area contributed by atoms with Crippen molar-refractivity contribution in [2.75, 3.05) is 6.61 Å². The number of rotatable bonds is 2. The number of hydrogen-bond donors (Lipinski definition) is 1. The molecule has 1 heterocycles. The molecule has 0 aromatic heterocycles. The summed E-state index contributed by atoms with van der Waals surface area (Å²) in [5, 5.41) is 12.4. The lowest BCUT2D eigenvalue weighted by Crippen LogP contribution is -1.93. The lowest BCUT2D eigenvalue weighted by molar-refractivity contribution is 0.298. The number of allylic oxidation sites excluding steroid dienone is 1. The van der Waals surface area contributed by atoms with Gasteiger partial charge in [0.2, 0.25) is 0 Å². The van der Waals surface area contributed by atoms with Crippen LogP contribution in [0.5, 0.6) is 0 Å². The van der Waals surface area contributed by atoms with Crippen molar-refractivity contribution in [1.82, 2.24) is 5.32 Å². The van der Waals surface area contributed by atoms with Gasteiger partial charge in [0.05, 0.1) is 11.4 Å². The van der Waals surface area contributed by atoms with E-state index in [0.717, 1.165) is 11.4 Å². The second kappa shape index (κ2) is 2.64. The van der Waals surface area contributed by atoms with Gasteiger partial charge < -0.3 is 5.11 Å². The number of aliphatic imine (C=N–C) groups is 1. The number of nitrogens with zero attached hydrogens (tertiary/aromatic N) is 2. The van der Waals surface area contributed by atoms with Crippen LogP contribution in [0.4, 0.5) is 0 Å². The average molecular weight is 125 g/mol. The molecule has 0 amide bonds. The predicted molar refractivity (Wildman–Crippen MR) is 35.0 cm³/mol. The van der Waals surface area contributed by atoms with Crippen molar-refractivity contribution in [2.45, 2.75) is 13.3 Å². The summed E-state index contributed by atoms with van der Waals surface area (Å²) in [5.41, 5.74) is 1.82. The highest BCUT2D eigenvalue weighted by molar-refractivity contribution is 5.62. The van der Waals surface area contributed by atoms with Crippen LogP contribution in [0.1, 0.15) is 13.3 Å². The van der Waals surface area contributed by atoms with Crippen LogP contribution in [-0.2, 0) is 0 Å². The van der Waals surface area contributed by atoms with Gasteiger partial charge in [0, 0.05) is 13.0 Å². The van der Waals surface area contributed by atoms with E-state index in [-0.39, 0.29) is 6.61 Å². The molecule has 0 unspecified atom stereocenters. The fourth-order valence-corrected chi connectivity index (χ4v) is 0.704. The van der Waals surface area contributed by atoms with Gasteiger partial charge in [-0.15, -0.1) is 0 Å². The molecule has 49 valence electrons. The van der Waals surface area contributed by atoms with Gasteiger partial charge in [0.1, 0.15) is 6.34 Å². The van der Waals surface area contributed by atoms with E-state index in [4.69, 9.17) is 5.11 Å². The van der Waals surface area contributed by atoms with Gasteiger partial charge in [-0.05, 0) is 6.92 Å². The summed E-state index contributed by atoms with van der Waals surface area (Å²) in [5.74, 6) is 0. The highest BCUT2D eigenvalue weighted by atomic mass is 16.3. The Balaban J connectivity index is 2.54. The first-order valence-corrected chi connectivity index (χ1v) is 2.88. The van der Waals surface area contributed by atoms with Crippen molar-refractivity contribution in [2.24, 2.45) is 4.99 Å². The minimum absolute atomic E-state index is 0.152. The second-order valence-corrected chi connectivity index (χ2v) is 1.88. The first-order chi connectivity index (χ1) is 4.34. The maximum atomic E-state index is 8.49. The standard InChI is InChI=1S/C6H9N2O/c1-5-6(2-3-9)8-4-7-5/h4,9H,2-3H2,1H3. The van der Waals surface area contributed by atoms with E-state index < -0.39 is 0 Å². The van der Waals surface area contributed by atoms with E-state index in [2.05, 4.69) is 10.3 Å². The average Bonchev–Trinajstić information content (AvgIpc) is 2.18. The molecule has 0 aliphatic carbocycles. The van der Waals surface area contributed by atoms with Crippen molar-refractivity contribution in [3.63, 3.8) is 0 Å². The quantitative estimate of drug-likeness (QED) is 0.564. The molecule has 0 spiro atoms. The van der Waals surface area contributed by atoms with Gasteiger partial charge >= 0.3 is 0 Å². The maximum absolute atomic E-state index is 8.49. The van der Waals surface area contributed by atoms with Crippen molar-refractivity contribution < 1.29 is 5.11 Å². The SMILES string of the molecule is CC1=C(CCO)N=C[N]1. The predicted octanol–water partition coefficient (Wildman–Crippen LogP) is 0.247. The fraction of sp³-hybridized carbons (Fsp3) is 0.500. The normalized spacial score (nSPS) is 16.7. The van der Waals surface area contributed by atoms with E-state index in [9.17, 15) is 0 Å². The Kier molecular flexibility index (Phi) is 1.85. The van der Waals surface area contributed by atoms with Crippen molar-refractivity contribution in [3.8, 4) is 0 Å². The van der Waals surface area contributed by atoms with Crippen LogP contribution in [0.3, 0.4) is 0 Å². The van der Waals surface area contributed by atoms with E-state index in [1.807, 2.05) is 6.92 Å². The summed E-state index contributed by atoms with van der Waals surface area (Å²) < 4.78 is 0. The molecule has 1 radical (unpaired) electrons. The number of aliphatic hydroxyl groups excluding tert-OH is 1. The topological polar surface area (TPSA) is 46.7 Å². The molecule has 0 fully saturated rings. The Morgan fingerprint density at radius 3 is 2.89 bits per heavy atom. The molecule has 0 saturated carbocycles. The van der Waals surface area contributed by atoms with Gasteiger partial charge in [0.15, 0.2) is 0 Å². The van der Waals surface area contributed by atoms with Crippen LogP contribution in [0.25, 0.3) is 0 Å². The summed E-state index contributed by atoms with van der Waals surface area (Å²) >= 11 is 0. The molecule has 1 N–H and O–H groups in total. The fourth-order valence-electron chi connectivity index (χ4n) is 0.704. The van der Waals surface area contributed by atoms with E-state index in [1.165, 1.54) is 6.34 Å². The third-order valence-electron chi connectivity index (χ3n) is 1.23. The molecule has 0 bridgehead atoms. The van der Waals surface area contributed by atoms with Gasteiger partial charge in [-0.1, -0.05) is 0 Å². The third-order valence-corrected chi connectivity index (χ3v) is 1.23. The highest BCUT2D eigenvalue weighted by Gasteiger charge is 2.04. The van der Waals surface area contributed by atoms with Gasteiger partial charge in [-0.3, -0.25) is 0 Å². The summed E-state index contributed by atoms with van der Waals surface area (Å²) in [6.45, 7) is 2.04.